The summed E-state index contributed by atoms with van der Waals surface area (Å²) in [4.78, 5) is 23.1. The van der Waals surface area contributed by atoms with Gasteiger partial charge in [-0.2, -0.15) is 0 Å². The first-order valence-corrected chi connectivity index (χ1v) is 9.15. The van der Waals surface area contributed by atoms with Crippen LogP contribution < -0.4 is 5.11 Å². The quantitative estimate of drug-likeness (QED) is 0.257. The number of aliphatic carboxylic acids is 1. The standard InChI is InChI=1S/C19H35NO5/c1-20(2,3)16-19(25,15-18(23)24)17(22)13-11-9-7-5-4-6-8-10-12-14-21/h11,13,21,25H,4-10,12,14-16H2,1-3H3. The number of hydrogen-bond donors (Lipinski definition) is 2. The molecule has 0 aromatic rings. The first-order valence-electron chi connectivity index (χ1n) is 9.15. The lowest BCUT2D eigenvalue weighted by atomic mass is 9.92. The summed E-state index contributed by atoms with van der Waals surface area (Å²) < 4.78 is 0.277. The number of carbonyl (C=O) groups excluding carboxylic acids is 2. The van der Waals surface area contributed by atoms with Gasteiger partial charge in [0.25, 0.3) is 0 Å². The molecule has 0 saturated heterocycles. The number of quaternary nitrogens is 1. The molecule has 0 rings (SSSR count). The minimum Gasteiger partial charge on any atom is -0.550 e. The largest absolute Gasteiger partial charge is 0.550 e. The minimum absolute atomic E-state index is 0.0119. The van der Waals surface area contributed by atoms with E-state index in [2.05, 4.69) is 0 Å². The zero-order valence-corrected chi connectivity index (χ0v) is 16.0. The average Bonchev–Trinajstić information content (AvgIpc) is 2.46. The zero-order chi connectivity index (χ0) is 19.3. The number of rotatable bonds is 15. The van der Waals surface area contributed by atoms with Crippen LogP contribution in [0.2, 0.25) is 0 Å². The third-order valence-electron chi connectivity index (χ3n) is 3.93. The van der Waals surface area contributed by atoms with Crippen LogP contribution >= 0.6 is 0 Å². The molecule has 1 atom stereocenters. The SMILES string of the molecule is C[N+](C)(C)CC(O)(CC(=O)[O-])C(=O)C=CCCCCCCCCCO. The van der Waals surface area contributed by atoms with E-state index in [9.17, 15) is 19.8 Å². The van der Waals surface area contributed by atoms with Crippen LogP contribution in [-0.2, 0) is 9.59 Å². The second kappa shape index (κ2) is 12.2. The van der Waals surface area contributed by atoms with E-state index in [0.29, 0.717) is 0 Å². The first-order chi connectivity index (χ1) is 11.6. The number of allylic oxidation sites excluding steroid dienone is 1. The maximum absolute atomic E-state index is 12.3. The van der Waals surface area contributed by atoms with Gasteiger partial charge in [0.1, 0.15) is 6.54 Å². The zero-order valence-electron chi connectivity index (χ0n) is 16.0. The van der Waals surface area contributed by atoms with E-state index in [4.69, 9.17) is 5.11 Å². The van der Waals surface area contributed by atoms with Crippen molar-refractivity contribution >= 4 is 11.8 Å². The molecule has 25 heavy (non-hydrogen) atoms. The number of nitrogens with zero attached hydrogens (tertiary/aromatic N) is 1. The fourth-order valence-corrected chi connectivity index (χ4v) is 2.85. The van der Waals surface area contributed by atoms with Crippen LogP contribution in [0.5, 0.6) is 0 Å². The van der Waals surface area contributed by atoms with Crippen molar-refractivity contribution in [1.29, 1.82) is 0 Å². The van der Waals surface area contributed by atoms with E-state index >= 15 is 0 Å². The highest BCUT2D eigenvalue weighted by molar-refractivity contribution is 5.99. The second-order valence-corrected chi connectivity index (χ2v) is 7.78. The van der Waals surface area contributed by atoms with E-state index in [1.807, 2.05) is 0 Å². The number of unbranched alkanes of at least 4 members (excludes halogenated alkanes) is 7. The third-order valence-corrected chi connectivity index (χ3v) is 3.93. The molecule has 0 radical (unpaired) electrons. The second-order valence-electron chi connectivity index (χ2n) is 7.78. The van der Waals surface area contributed by atoms with Crippen molar-refractivity contribution in [2.45, 2.75) is 63.4 Å². The van der Waals surface area contributed by atoms with Crippen molar-refractivity contribution in [1.82, 2.24) is 0 Å². The summed E-state index contributed by atoms with van der Waals surface area (Å²) in [6.07, 6.45) is 10.4. The summed E-state index contributed by atoms with van der Waals surface area (Å²) in [5, 5.41) is 30.0. The molecule has 0 aliphatic heterocycles. The molecule has 1 unspecified atom stereocenters. The lowest BCUT2D eigenvalue weighted by Crippen LogP contribution is -2.55. The van der Waals surface area contributed by atoms with Crippen molar-refractivity contribution in [2.75, 3.05) is 34.3 Å². The Balaban J connectivity index is 4.24. The maximum atomic E-state index is 12.3. The monoisotopic (exact) mass is 357 g/mol. The van der Waals surface area contributed by atoms with E-state index < -0.39 is 23.8 Å². The Morgan fingerprint density at radius 3 is 2.00 bits per heavy atom. The Hall–Kier alpha value is -1.24. The van der Waals surface area contributed by atoms with Gasteiger partial charge in [-0.1, -0.05) is 38.2 Å². The summed E-state index contributed by atoms with van der Waals surface area (Å²) in [5.74, 6) is -2.01. The Morgan fingerprint density at radius 2 is 1.52 bits per heavy atom. The number of likely N-dealkylation sites (N-methyl/N-ethyl adjacent to an activating group) is 1. The molecule has 0 spiro atoms. The number of carbonyl (C=O) groups is 2. The fraction of sp³-hybridized carbons (Fsp3) is 0.789. The number of aliphatic hydroxyl groups excluding tert-OH is 1. The molecular weight excluding hydrogens is 322 g/mol. The van der Waals surface area contributed by atoms with Gasteiger partial charge in [-0.05, 0) is 25.3 Å². The maximum Gasteiger partial charge on any atom is 0.193 e. The Kier molecular flexibility index (Phi) is 11.6. The predicted molar refractivity (Wildman–Crippen MR) is 95.6 cm³/mol. The van der Waals surface area contributed by atoms with E-state index in [0.717, 1.165) is 51.4 Å². The van der Waals surface area contributed by atoms with Gasteiger partial charge in [-0.3, -0.25) is 4.79 Å². The molecule has 0 saturated carbocycles. The van der Waals surface area contributed by atoms with Gasteiger partial charge in [-0.25, -0.2) is 0 Å². The Bertz CT molecular complexity index is 428. The van der Waals surface area contributed by atoms with Gasteiger partial charge >= 0.3 is 0 Å². The van der Waals surface area contributed by atoms with Gasteiger partial charge in [0.05, 0.1) is 21.1 Å². The van der Waals surface area contributed by atoms with Crippen molar-refractivity contribution in [3.8, 4) is 0 Å². The van der Waals surface area contributed by atoms with Crippen molar-refractivity contribution in [3.05, 3.63) is 12.2 Å². The molecule has 0 amide bonds. The minimum atomic E-state index is -1.93. The van der Waals surface area contributed by atoms with Crippen LogP contribution in [0, 0.1) is 0 Å². The lowest BCUT2D eigenvalue weighted by Gasteiger charge is -2.34. The summed E-state index contributed by atoms with van der Waals surface area (Å²) in [5.41, 5.74) is -1.93. The van der Waals surface area contributed by atoms with Gasteiger partial charge in [0.15, 0.2) is 11.4 Å². The first kappa shape index (κ1) is 23.8. The van der Waals surface area contributed by atoms with Gasteiger partial charge < -0.3 is 24.6 Å². The van der Waals surface area contributed by atoms with Crippen LogP contribution in [0.4, 0.5) is 0 Å². The highest BCUT2D eigenvalue weighted by Crippen LogP contribution is 2.17. The summed E-state index contributed by atoms with van der Waals surface area (Å²) in [7, 11) is 5.37. The molecule has 0 fully saturated rings. The normalized spacial score (nSPS) is 14.6. The summed E-state index contributed by atoms with van der Waals surface area (Å²) in [6.45, 7) is 0.273. The van der Waals surface area contributed by atoms with Gasteiger partial charge in [-0.15, -0.1) is 0 Å². The van der Waals surface area contributed by atoms with Gasteiger partial charge in [0.2, 0.25) is 0 Å². The summed E-state index contributed by atoms with van der Waals surface area (Å²) >= 11 is 0. The molecule has 6 heteroatoms. The Morgan fingerprint density at radius 1 is 1.00 bits per heavy atom. The number of hydrogen-bond acceptors (Lipinski definition) is 5. The van der Waals surface area contributed by atoms with E-state index in [1.165, 1.54) is 6.08 Å². The highest BCUT2D eigenvalue weighted by atomic mass is 16.4. The van der Waals surface area contributed by atoms with E-state index in [-0.39, 0.29) is 17.6 Å². The predicted octanol–water partition coefficient (Wildman–Crippen LogP) is 0.802. The summed E-state index contributed by atoms with van der Waals surface area (Å²) in [6, 6.07) is 0. The number of aliphatic hydroxyl groups is 2. The molecule has 2 N–H and O–H groups in total. The van der Waals surface area contributed by atoms with Crippen molar-refractivity contribution in [2.24, 2.45) is 0 Å². The van der Waals surface area contributed by atoms with Crippen LogP contribution in [0.15, 0.2) is 12.2 Å². The fourth-order valence-electron chi connectivity index (χ4n) is 2.85. The van der Waals surface area contributed by atoms with Crippen molar-refractivity contribution < 1.29 is 29.4 Å². The number of ketones is 1. The smallest absolute Gasteiger partial charge is 0.193 e. The number of carboxylic acid groups (broad SMARTS) is 1. The molecule has 0 aromatic heterocycles. The highest BCUT2D eigenvalue weighted by Gasteiger charge is 2.39. The third kappa shape index (κ3) is 12.7. The molecule has 6 nitrogen and oxygen atoms in total. The van der Waals surface area contributed by atoms with Crippen molar-refractivity contribution in [3.63, 3.8) is 0 Å². The molecular formula is C19H35NO5. The van der Waals surface area contributed by atoms with Crippen LogP contribution in [0.1, 0.15) is 57.8 Å². The van der Waals surface area contributed by atoms with Crippen LogP contribution in [-0.4, -0.2) is 66.3 Å². The lowest BCUT2D eigenvalue weighted by molar-refractivity contribution is -0.875. The van der Waals surface area contributed by atoms with Gasteiger partial charge in [0, 0.05) is 19.0 Å². The van der Waals surface area contributed by atoms with Crippen LogP contribution in [0.3, 0.4) is 0 Å². The average molecular weight is 357 g/mol. The topological polar surface area (TPSA) is 97.7 Å². The molecule has 0 aromatic carbocycles. The molecule has 0 heterocycles. The van der Waals surface area contributed by atoms with Crippen LogP contribution in [0.25, 0.3) is 0 Å². The molecule has 0 aliphatic carbocycles. The Labute approximate surface area is 151 Å². The van der Waals surface area contributed by atoms with E-state index in [1.54, 1.807) is 27.2 Å². The number of carboxylic acids is 1. The molecule has 0 aliphatic rings. The molecule has 0 bridgehead atoms. The molecule has 146 valence electrons.